The van der Waals surface area contributed by atoms with Crippen LogP contribution in [0.25, 0.3) is 0 Å². The molecule has 0 radical (unpaired) electrons. The summed E-state index contributed by atoms with van der Waals surface area (Å²) in [6.07, 6.45) is 1.14. The molecular weight excluding hydrogens is 289 g/mol. The van der Waals surface area contributed by atoms with E-state index in [1.807, 2.05) is 36.4 Å². The third kappa shape index (κ3) is 4.08. The molecule has 1 fully saturated rings. The normalized spacial score (nSPS) is 17.2. The van der Waals surface area contributed by atoms with Gasteiger partial charge in [-0.3, -0.25) is 0 Å². The molecule has 1 heterocycles. The smallest absolute Gasteiger partial charge is 0.123 e. The first-order chi connectivity index (χ1) is 11.2. The maximum Gasteiger partial charge on any atom is 0.123 e. The first kappa shape index (κ1) is 15.5. The van der Waals surface area contributed by atoms with Crippen LogP contribution in [-0.2, 0) is 6.54 Å². The van der Waals surface area contributed by atoms with Crippen LogP contribution in [0.15, 0.2) is 48.5 Å². The number of benzene rings is 2. The van der Waals surface area contributed by atoms with E-state index in [9.17, 15) is 4.39 Å². The number of halogens is 1. The molecule has 1 atom stereocenters. The minimum absolute atomic E-state index is 0.189. The lowest BCUT2D eigenvalue weighted by Crippen LogP contribution is -2.26. The molecule has 3 nitrogen and oxygen atoms in total. The van der Waals surface area contributed by atoms with Gasteiger partial charge in [-0.2, -0.15) is 5.26 Å². The molecule has 118 valence electrons. The maximum atomic E-state index is 13.0. The Hall–Kier alpha value is -2.38. The summed E-state index contributed by atoms with van der Waals surface area (Å²) in [5, 5.41) is 12.4. The molecule has 1 N–H and O–H groups in total. The number of rotatable bonds is 5. The van der Waals surface area contributed by atoms with Crippen LogP contribution in [0, 0.1) is 23.1 Å². The van der Waals surface area contributed by atoms with Crippen molar-refractivity contribution in [2.75, 3.05) is 24.5 Å². The molecule has 1 aliphatic heterocycles. The maximum absolute atomic E-state index is 13.0. The largest absolute Gasteiger partial charge is 0.371 e. The molecule has 0 unspecified atom stereocenters. The minimum Gasteiger partial charge on any atom is -0.371 e. The van der Waals surface area contributed by atoms with Crippen molar-refractivity contribution >= 4 is 5.69 Å². The van der Waals surface area contributed by atoms with Gasteiger partial charge in [0.1, 0.15) is 5.82 Å². The van der Waals surface area contributed by atoms with Crippen molar-refractivity contribution in [1.29, 1.82) is 5.26 Å². The number of nitriles is 1. The number of anilines is 1. The lowest BCUT2D eigenvalue weighted by molar-refractivity contribution is 0.516. The first-order valence-electron chi connectivity index (χ1n) is 7.95. The number of nitrogens with zero attached hydrogens (tertiary/aromatic N) is 2. The van der Waals surface area contributed by atoms with Crippen LogP contribution in [0.4, 0.5) is 10.1 Å². The Labute approximate surface area is 136 Å². The zero-order valence-corrected chi connectivity index (χ0v) is 13.0. The Bertz CT molecular complexity index is 691. The van der Waals surface area contributed by atoms with Crippen LogP contribution in [-0.4, -0.2) is 19.6 Å². The summed E-state index contributed by atoms with van der Waals surface area (Å²) in [5.41, 5.74) is 2.93. The van der Waals surface area contributed by atoms with Crippen molar-refractivity contribution in [2.45, 2.75) is 13.0 Å². The zero-order chi connectivity index (χ0) is 16.1. The van der Waals surface area contributed by atoms with Gasteiger partial charge >= 0.3 is 0 Å². The average molecular weight is 309 g/mol. The number of hydrogen-bond donors (Lipinski definition) is 1. The minimum atomic E-state index is -0.189. The van der Waals surface area contributed by atoms with E-state index < -0.39 is 0 Å². The highest BCUT2D eigenvalue weighted by Crippen LogP contribution is 2.23. The van der Waals surface area contributed by atoms with Crippen LogP contribution in [0.2, 0.25) is 0 Å². The zero-order valence-electron chi connectivity index (χ0n) is 13.0. The second-order valence-corrected chi connectivity index (χ2v) is 6.02. The van der Waals surface area contributed by atoms with Crippen molar-refractivity contribution in [3.8, 4) is 6.07 Å². The van der Waals surface area contributed by atoms with E-state index in [2.05, 4.69) is 16.3 Å². The van der Waals surface area contributed by atoms with E-state index in [-0.39, 0.29) is 5.82 Å². The Balaban J connectivity index is 1.47. The van der Waals surface area contributed by atoms with Gasteiger partial charge in [-0.05, 0) is 54.3 Å². The van der Waals surface area contributed by atoms with Crippen LogP contribution in [0.3, 0.4) is 0 Å². The van der Waals surface area contributed by atoms with Crippen molar-refractivity contribution in [1.82, 2.24) is 5.32 Å². The molecule has 0 aromatic heterocycles. The summed E-state index contributed by atoms with van der Waals surface area (Å²) < 4.78 is 13.0. The Morgan fingerprint density at radius 1 is 1.22 bits per heavy atom. The van der Waals surface area contributed by atoms with Crippen LogP contribution in [0.1, 0.15) is 17.5 Å². The predicted octanol–water partition coefficient (Wildman–Crippen LogP) is 3.31. The van der Waals surface area contributed by atoms with Crippen LogP contribution < -0.4 is 10.2 Å². The van der Waals surface area contributed by atoms with Gasteiger partial charge in [-0.1, -0.05) is 12.1 Å². The summed E-state index contributed by atoms with van der Waals surface area (Å²) in [4.78, 5) is 2.31. The van der Waals surface area contributed by atoms with Gasteiger partial charge in [0.15, 0.2) is 0 Å². The van der Waals surface area contributed by atoms with Crippen LogP contribution in [0.5, 0.6) is 0 Å². The molecule has 0 aliphatic carbocycles. The summed E-state index contributed by atoms with van der Waals surface area (Å²) >= 11 is 0. The van der Waals surface area contributed by atoms with Gasteiger partial charge in [-0.25, -0.2) is 4.39 Å². The molecule has 2 aromatic rings. The van der Waals surface area contributed by atoms with E-state index in [0.29, 0.717) is 11.5 Å². The molecule has 0 saturated carbocycles. The van der Waals surface area contributed by atoms with Gasteiger partial charge in [0.05, 0.1) is 11.6 Å². The average Bonchev–Trinajstić information content (AvgIpc) is 3.04. The third-order valence-electron chi connectivity index (χ3n) is 4.30. The molecular formula is C19H20FN3. The topological polar surface area (TPSA) is 39.1 Å². The van der Waals surface area contributed by atoms with Gasteiger partial charge in [-0.15, -0.1) is 0 Å². The highest BCUT2D eigenvalue weighted by Gasteiger charge is 2.22. The fourth-order valence-corrected chi connectivity index (χ4v) is 3.06. The second kappa shape index (κ2) is 7.26. The molecule has 0 spiro atoms. The van der Waals surface area contributed by atoms with Gasteiger partial charge in [0.2, 0.25) is 0 Å². The summed E-state index contributed by atoms with van der Waals surface area (Å²) in [7, 11) is 0. The number of hydrogen-bond acceptors (Lipinski definition) is 3. The molecule has 3 rings (SSSR count). The van der Waals surface area contributed by atoms with Crippen molar-refractivity contribution in [2.24, 2.45) is 5.92 Å². The fraction of sp³-hybridized carbons (Fsp3) is 0.316. The van der Waals surface area contributed by atoms with E-state index in [1.165, 1.54) is 12.1 Å². The first-order valence-corrected chi connectivity index (χ1v) is 7.95. The summed E-state index contributed by atoms with van der Waals surface area (Å²) in [5.74, 6) is 0.407. The van der Waals surface area contributed by atoms with E-state index in [4.69, 9.17) is 5.26 Å². The molecule has 0 bridgehead atoms. The molecule has 1 aliphatic rings. The quantitative estimate of drug-likeness (QED) is 0.921. The molecule has 2 aromatic carbocycles. The second-order valence-electron chi connectivity index (χ2n) is 6.02. The van der Waals surface area contributed by atoms with E-state index in [1.54, 1.807) is 0 Å². The number of nitrogens with one attached hydrogen (secondary N) is 1. The third-order valence-corrected chi connectivity index (χ3v) is 4.30. The van der Waals surface area contributed by atoms with Crippen molar-refractivity contribution < 1.29 is 4.39 Å². The van der Waals surface area contributed by atoms with E-state index in [0.717, 1.165) is 43.9 Å². The summed E-state index contributed by atoms with van der Waals surface area (Å²) in [6, 6.07) is 16.6. The van der Waals surface area contributed by atoms with Crippen molar-refractivity contribution in [3.63, 3.8) is 0 Å². The SMILES string of the molecule is N#Cc1cccc(CNC[C@@H]2CCN(c3ccc(F)cc3)C2)c1. The Morgan fingerprint density at radius 3 is 2.83 bits per heavy atom. The summed E-state index contributed by atoms with van der Waals surface area (Å²) in [6.45, 7) is 3.75. The van der Waals surface area contributed by atoms with Crippen molar-refractivity contribution in [3.05, 3.63) is 65.5 Å². The lowest BCUT2D eigenvalue weighted by atomic mass is 10.1. The molecule has 1 saturated heterocycles. The monoisotopic (exact) mass is 309 g/mol. The molecule has 4 heteroatoms. The standard InChI is InChI=1S/C19H20FN3/c20-18-4-6-19(7-5-18)23-9-8-17(14-23)13-22-12-16-3-1-2-15(10-16)11-21/h1-7,10,17,22H,8-9,12-14H2/t17-/m0/s1. The van der Waals surface area contributed by atoms with Gasteiger partial charge in [0, 0.05) is 31.9 Å². The van der Waals surface area contributed by atoms with Crippen LogP contribution >= 0.6 is 0 Å². The highest BCUT2D eigenvalue weighted by molar-refractivity contribution is 5.47. The molecule has 0 amide bonds. The lowest BCUT2D eigenvalue weighted by Gasteiger charge is -2.19. The van der Waals surface area contributed by atoms with E-state index >= 15 is 0 Å². The predicted molar refractivity (Wildman–Crippen MR) is 89.6 cm³/mol. The highest BCUT2D eigenvalue weighted by atomic mass is 19.1. The van der Waals surface area contributed by atoms with Gasteiger partial charge < -0.3 is 10.2 Å². The Kier molecular flexibility index (Phi) is 4.89. The Morgan fingerprint density at radius 2 is 2.04 bits per heavy atom. The fourth-order valence-electron chi connectivity index (χ4n) is 3.06. The molecule has 23 heavy (non-hydrogen) atoms. The van der Waals surface area contributed by atoms with Gasteiger partial charge in [0.25, 0.3) is 0 Å².